The van der Waals surface area contributed by atoms with Gasteiger partial charge >= 0.3 is 0 Å². The summed E-state index contributed by atoms with van der Waals surface area (Å²) in [6.07, 6.45) is 6.04. The largest absolute Gasteiger partial charge is 0.311 e. The van der Waals surface area contributed by atoms with Gasteiger partial charge in [-0.3, -0.25) is 14.9 Å². The number of rotatable bonds is 5. The van der Waals surface area contributed by atoms with E-state index >= 15 is 0 Å². The molecule has 0 fully saturated rings. The summed E-state index contributed by atoms with van der Waals surface area (Å²) in [5.41, 5.74) is 2.58. The van der Waals surface area contributed by atoms with Crippen LogP contribution in [0.25, 0.3) is 11.3 Å². The Morgan fingerprint density at radius 3 is 2.91 bits per heavy atom. The highest BCUT2D eigenvalue weighted by Crippen LogP contribution is 2.18. The van der Waals surface area contributed by atoms with Gasteiger partial charge in [-0.05, 0) is 30.2 Å². The summed E-state index contributed by atoms with van der Waals surface area (Å²) in [6.45, 7) is 0. The quantitative estimate of drug-likeness (QED) is 0.705. The SMILES string of the molecule is O=C(CCc1ccc(Cl)nc1)Nc1cc(-c2cccnc2)n[nH]1. The van der Waals surface area contributed by atoms with Crippen LogP contribution in [-0.4, -0.2) is 26.1 Å². The summed E-state index contributed by atoms with van der Waals surface area (Å²) in [4.78, 5) is 20.0. The number of anilines is 1. The van der Waals surface area contributed by atoms with E-state index in [1.807, 2.05) is 18.2 Å². The lowest BCUT2D eigenvalue weighted by Gasteiger charge is -2.02. The Kier molecular flexibility index (Phi) is 4.63. The van der Waals surface area contributed by atoms with Gasteiger partial charge in [0.1, 0.15) is 11.0 Å². The zero-order chi connectivity index (χ0) is 16.1. The second-order valence-corrected chi connectivity index (χ2v) is 5.33. The van der Waals surface area contributed by atoms with Crippen molar-refractivity contribution in [1.29, 1.82) is 0 Å². The van der Waals surface area contributed by atoms with Gasteiger partial charge < -0.3 is 5.32 Å². The fourth-order valence-corrected chi connectivity index (χ4v) is 2.18. The molecule has 3 rings (SSSR count). The molecule has 7 heteroatoms. The summed E-state index contributed by atoms with van der Waals surface area (Å²) in [5.74, 6) is 0.462. The lowest BCUT2D eigenvalue weighted by atomic mass is 10.1. The molecular formula is C16H14ClN5O. The molecule has 3 aromatic rings. The third-order valence-corrected chi connectivity index (χ3v) is 3.46. The maximum atomic E-state index is 12.0. The molecule has 0 aliphatic carbocycles. The van der Waals surface area contributed by atoms with E-state index in [9.17, 15) is 4.79 Å². The average Bonchev–Trinajstić information content (AvgIpc) is 3.04. The number of carbonyl (C=O) groups is 1. The Labute approximate surface area is 137 Å². The first-order valence-corrected chi connectivity index (χ1v) is 7.44. The summed E-state index contributed by atoms with van der Waals surface area (Å²) < 4.78 is 0. The first-order chi connectivity index (χ1) is 11.2. The van der Waals surface area contributed by atoms with Crippen LogP contribution in [0.2, 0.25) is 5.15 Å². The molecule has 0 saturated heterocycles. The van der Waals surface area contributed by atoms with Gasteiger partial charge in [-0.1, -0.05) is 17.7 Å². The molecule has 116 valence electrons. The molecule has 0 bridgehead atoms. The molecule has 0 aromatic carbocycles. The number of hydrogen-bond acceptors (Lipinski definition) is 4. The van der Waals surface area contributed by atoms with Gasteiger partial charge in [0, 0.05) is 36.6 Å². The number of aromatic amines is 1. The number of H-pyrrole nitrogens is 1. The van der Waals surface area contributed by atoms with Crippen LogP contribution < -0.4 is 5.32 Å². The topological polar surface area (TPSA) is 83.6 Å². The van der Waals surface area contributed by atoms with Crippen molar-refractivity contribution in [1.82, 2.24) is 20.2 Å². The molecule has 1 amide bonds. The smallest absolute Gasteiger partial charge is 0.225 e. The Morgan fingerprint density at radius 1 is 1.26 bits per heavy atom. The van der Waals surface area contributed by atoms with Crippen LogP contribution in [0, 0.1) is 0 Å². The molecule has 0 aliphatic heterocycles. The van der Waals surface area contributed by atoms with Crippen molar-refractivity contribution >= 4 is 23.3 Å². The van der Waals surface area contributed by atoms with Crippen LogP contribution in [-0.2, 0) is 11.2 Å². The molecule has 3 aromatic heterocycles. The van der Waals surface area contributed by atoms with Crippen LogP contribution in [0.4, 0.5) is 5.82 Å². The van der Waals surface area contributed by atoms with Gasteiger partial charge in [0.15, 0.2) is 0 Å². The third kappa shape index (κ3) is 4.14. The minimum Gasteiger partial charge on any atom is -0.311 e. The van der Waals surface area contributed by atoms with Crippen LogP contribution in [0.3, 0.4) is 0 Å². The fourth-order valence-electron chi connectivity index (χ4n) is 2.07. The van der Waals surface area contributed by atoms with Crippen molar-refractivity contribution < 1.29 is 4.79 Å². The number of hydrogen-bond donors (Lipinski definition) is 2. The predicted octanol–water partition coefficient (Wildman–Crippen LogP) is 3.09. The monoisotopic (exact) mass is 327 g/mol. The minimum absolute atomic E-state index is 0.0960. The molecular weight excluding hydrogens is 314 g/mol. The first-order valence-electron chi connectivity index (χ1n) is 7.07. The highest BCUT2D eigenvalue weighted by Gasteiger charge is 2.08. The maximum absolute atomic E-state index is 12.0. The van der Waals surface area contributed by atoms with Gasteiger partial charge in [0.2, 0.25) is 5.91 Å². The van der Waals surface area contributed by atoms with Gasteiger partial charge in [0.25, 0.3) is 0 Å². The van der Waals surface area contributed by atoms with E-state index in [2.05, 4.69) is 25.5 Å². The number of amides is 1. The van der Waals surface area contributed by atoms with E-state index in [-0.39, 0.29) is 5.91 Å². The molecule has 0 unspecified atom stereocenters. The van der Waals surface area contributed by atoms with Gasteiger partial charge in [-0.25, -0.2) is 4.98 Å². The number of aryl methyl sites for hydroxylation is 1. The van der Waals surface area contributed by atoms with E-state index in [0.717, 1.165) is 16.8 Å². The molecule has 0 spiro atoms. The second kappa shape index (κ2) is 7.02. The Bertz CT molecular complexity index is 786. The average molecular weight is 328 g/mol. The number of nitrogens with zero attached hydrogens (tertiary/aromatic N) is 3. The summed E-state index contributed by atoms with van der Waals surface area (Å²) >= 11 is 5.73. The molecule has 0 aliphatic rings. The van der Waals surface area contributed by atoms with E-state index < -0.39 is 0 Å². The standard InChI is InChI=1S/C16H14ClN5O/c17-14-5-3-11(9-19-14)4-6-16(23)20-15-8-13(21-22-15)12-2-1-7-18-10-12/h1-3,5,7-10H,4,6H2,(H2,20,21,22,23). The predicted molar refractivity (Wildman–Crippen MR) is 88.0 cm³/mol. The van der Waals surface area contributed by atoms with Crippen molar-refractivity contribution in [2.45, 2.75) is 12.8 Å². The van der Waals surface area contributed by atoms with Gasteiger partial charge in [-0.15, -0.1) is 0 Å². The molecule has 0 saturated carbocycles. The Hall–Kier alpha value is -2.73. The number of pyridine rings is 2. The number of carbonyl (C=O) groups excluding carboxylic acids is 1. The zero-order valence-electron chi connectivity index (χ0n) is 12.2. The van der Waals surface area contributed by atoms with Crippen molar-refractivity contribution in [2.75, 3.05) is 5.32 Å². The number of nitrogens with one attached hydrogen (secondary N) is 2. The zero-order valence-corrected chi connectivity index (χ0v) is 12.9. The lowest BCUT2D eigenvalue weighted by molar-refractivity contribution is -0.116. The molecule has 3 heterocycles. The second-order valence-electron chi connectivity index (χ2n) is 4.95. The fraction of sp³-hybridized carbons (Fsp3) is 0.125. The number of aromatic nitrogens is 4. The molecule has 0 radical (unpaired) electrons. The van der Waals surface area contributed by atoms with Gasteiger partial charge in [0.05, 0.1) is 5.69 Å². The molecule has 6 nitrogen and oxygen atoms in total. The normalized spacial score (nSPS) is 10.5. The van der Waals surface area contributed by atoms with E-state index in [1.165, 1.54) is 0 Å². The van der Waals surface area contributed by atoms with Crippen molar-refractivity contribution in [3.8, 4) is 11.3 Å². The van der Waals surface area contributed by atoms with E-state index in [0.29, 0.717) is 23.8 Å². The molecule has 0 atom stereocenters. The van der Waals surface area contributed by atoms with Crippen LogP contribution >= 0.6 is 11.6 Å². The first kappa shape index (κ1) is 15.2. The number of halogens is 1. The summed E-state index contributed by atoms with van der Waals surface area (Å²) in [6, 6.07) is 9.09. The van der Waals surface area contributed by atoms with Crippen molar-refractivity contribution in [2.24, 2.45) is 0 Å². The molecule has 23 heavy (non-hydrogen) atoms. The Morgan fingerprint density at radius 2 is 2.17 bits per heavy atom. The third-order valence-electron chi connectivity index (χ3n) is 3.24. The summed E-state index contributed by atoms with van der Waals surface area (Å²) in [7, 11) is 0. The van der Waals surface area contributed by atoms with Gasteiger partial charge in [-0.2, -0.15) is 5.10 Å². The highest BCUT2D eigenvalue weighted by molar-refractivity contribution is 6.29. The summed E-state index contributed by atoms with van der Waals surface area (Å²) in [5, 5.41) is 10.2. The van der Waals surface area contributed by atoms with E-state index in [4.69, 9.17) is 11.6 Å². The molecule has 2 N–H and O–H groups in total. The van der Waals surface area contributed by atoms with Crippen LogP contribution in [0.15, 0.2) is 48.9 Å². The van der Waals surface area contributed by atoms with Crippen molar-refractivity contribution in [3.05, 3.63) is 59.6 Å². The Balaban J connectivity index is 1.56. The highest BCUT2D eigenvalue weighted by atomic mass is 35.5. The van der Waals surface area contributed by atoms with Crippen molar-refractivity contribution in [3.63, 3.8) is 0 Å². The van der Waals surface area contributed by atoms with E-state index in [1.54, 1.807) is 30.7 Å². The van der Waals surface area contributed by atoms with Crippen LogP contribution in [0.5, 0.6) is 0 Å². The lowest BCUT2D eigenvalue weighted by Crippen LogP contribution is -2.12. The minimum atomic E-state index is -0.0960. The maximum Gasteiger partial charge on any atom is 0.225 e. The van der Waals surface area contributed by atoms with Crippen LogP contribution in [0.1, 0.15) is 12.0 Å².